The van der Waals surface area contributed by atoms with Crippen LogP contribution in [0.2, 0.25) is 0 Å². The molecule has 96 valence electrons. The molecular weight excluding hydrogens is 223 g/mol. The quantitative estimate of drug-likeness (QED) is 0.666. The SMILES string of the molecule is COc1cc(NCC(C)CCO)c(N)cc1F. The Balaban J connectivity index is 2.70. The maximum absolute atomic E-state index is 13.3. The summed E-state index contributed by atoms with van der Waals surface area (Å²) in [6.45, 7) is 2.84. The average Bonchev–Trinajstić information content (AvgIpc) is 2.28. The first-order chi connectivity index (χ1) is 8.08. The number of hydrogen-bond donors (Lipinski definition) is 3. The zero-order valence-corrected chi connectivity index (χ0v) is 10.2. The Morgan fingerprint density at radius 1 is 1.53 bits per heavy atom. The van der Waals surface area contributed by atoms with Gasteiger partial charge in [0.25, 0.3) is 0 Å². The number of benzene rings is 1. The van der Waals surface area contributed by atoms with Crippen molar-refractivity contribution in [1.29, 1.82) is 0 Å². The summed E-state index contributed by atoms with van der Waals surface area (Å²) in [7, 11) is 1.41. The van der Waals surface area contributed by atoms with Crippen molar-refractivity contribution >= 4 is 11.4 Å². The summed E-state index contributed by atoms with van der Waals surface area (Å²) in [5.74, 6) is 0.00548. The molecule has 0 bridgehead atoms. The number of nitrogen functional groups attached to an aromatic ring is 1. The minimum atomic E-state index is -0.473. The van der Waals surface area contributed by atoms with Gasteiger partial charge in [0.15, 0.2) is 11.6 Å². The molecule has 0 amide bonds. The number of aliphatic hydroxyl groups is 1. The van der Waals surface area contributed by atoms with E-state index in [1.165, 1.54) is 19.2 Å². The van der Waals surface area contributed by atoms with Gasteiger partial charge in [-0.2, -0.15) is 0 Å². The monoisotopic (exact) mass is 242 g/mol. The second kappa shape index (κ2) is 6.30. The zero-order valence-electron chi connectivity index (χ0n) is 10.2. The molecule has 0 fully saturated rings. The first-order valence-corrected chi connectivity index (χ1v) is 5.56. The molecule has 4 N–H and O–H groups in total. The molecule has 0 aliphatic carbocycles. The Kier molecular flexibility index (Phi) is 5.03. The molecule has 0 aliphatic rings. The van der Waals surface area contributed by atoms with Gasteiger partial charge in [-0.15, -0.1) is 0 Å². The fourth-order valence-electron chi connectivity index (χ4n) is 1.48. The normalized spacial score (nSPS) is 12.2. The highest BCUT2D eigenvalue weighted by atomic mass is 19.1. The van der Waals surface area contributed by atoms with Crippen molar-refractivity contribution in [2.45, 2.75) is 13.3 Å². The molecule has 1 atom stereocenters. The minimum Gasteiger partial charge on any atom is -0.494 e. The second-order valence-electron chi connectivity index (χ2n) is 4.07. The van der Waals surface area contributed by atoms with Crippen LogP contribution in [0.4, 0.5) is 15.8 Å². The molecule has 4 nitrogen and oxygen atoms in total. The number of ether oxygens (including phenoxy) is 1. The van der Waals surface area contributed by atoms with E-state index in [1.54, 1.807) is 0 Å². The predicted molar refractivity (Wildman–Crippen MR) is 66.7 cm³/mol. The summed E-state index contributed by atoms with van der Waals surface area (Å²) in [6.07, 6.45) is 0.714. The van der Waals surface area contributed by atoms with Gasteiger partial charge >= 0.3 is 0 Å². The molecule has 1 rings (SSSR count). The van der Waals surface area contributed by atoms with E-state index in [2.05, 4.69) is 5.32 Å². The van der Waals surface area contributed by atoms with Crippen LogP contribution in [0.5, 0.6) is 5.75 Å². The second-order valence-corrected chi connectivity index (χ2v) is 4.07. The summed E-state index contributed by atoms with van der Waals surface area (Å²) in [5, 5.41) is 11.9. The Hall–Kier alpha value is -1.49. The highest BCUT2D eigenvalue weighted by Gasteiger charge is 2.09. The van der Waals surface area contributed by atoms with E-state index in [-0.39, 0.29) is 12.4 Å². The lowest BCUT2D eigenvalue weighted by molar-refractivity contribution is 0.266. The maximum atomic E-state index is 13.3. The smallest absolute Gasteiger partial charge is 0.167 e. The van der Waals surface area contributed by atoms with Crippen molar-refractivity contribution in [3.63, 3.8) is 0 Å². The topological polar surface area (TPSA) is 67.5 Å². The molecule has 0 saturated heterocycles. The summed E-state index contributed by atoms with van der Waals surface area (Å²) >= 11 is 0. The van der Waals surface area contributed by atoms with Crippen molar-refractivity contribution in [2.75, 3.05) is 31.3 Å². The number of aliphatic hydroxyl groups excluding tert-OH is 1. The van der Waals surface area contributed by atoms with Crippen LogP contribution in [-0.4, -0.2) is 25.4 Å². The summed E-state index contributed by atoms with van der Waals surface area (Å²) in [5.41, 5.74) is 6.69. The lowest BCUT2D eigenvalue weighted by Gasteiger charge is -2.15. The molecule has 0 heterocycles. The lowest BCUT2D eigenvalue weighted by Crippen LogP contribution is -2.13. The minimum absolute atomic E-state index is 0.158. The fourth-order valence-corrected chi connectivity index (χ4v) is 1.48. The molecular formula is C12H19FN2O2. The number of rotatable bonds is 6. The van der Waals surface area contributed by atoms with Gasteiger partial charge in [0.05, 0.1) is 18.5 Å². The van der Waals surface area contributed by atoms with E-state index in [0.29, 0.717) is 30.3 Å². The lowest BCUT2D eigenvalue weighted by atomic mass is 10.1. The average molecular weight is 242 g/mol. The third-order valence-corrected chi connectivity index (χ3v) is 2.59. The molecule has 0 aromatic heterocycles. The van der Waals surface area contributed by atoms with Gasteiger partial charge < -0.3 is 20.9 Å². The van der Waals surface area contributed by atoms with Crippen LogP contribution in [-0.2, 0) is 0 Å². The van der Waals surface area contributed by atoms with E-state index in [1.807, 2.05) is 6.92 Å². The molecule has 0 aliphatic heterocycles. The number of nitrogens with one attached hydrogen (secondary N) is 1. The molecule has 1 unspecified atom stereocenters. The first-order valence-electron chi connectivity index (χ1n) is 5.56. The fraction of sp³-hybridized carbons (Fsp3) is 0.500. The van der Waals surface area contributed by atoms with Crippen LogP contribution >= 0.6 is 0 Å². The van der Waals surface area contributed by atoms with Gasteiger partial charge in [0.1, 0.15) is 0 Å². The number of methoxy groups -OCH3 is 1. The molecule has 1 aromatic carbocycles. The van der Waals surface area contributed by atoms with Crippen molar-refractivity contribution < 1.29 is 14.2 Å². The van der Waals surface area contributed by atoms with Crippen LogP contribution in [0, 0.1) is 11.7 Å². The number of nitrogens with two attached hydrogens (primary N) is 1. The van der Waals surface area contributed by atoms with E-state index < -0.39 is 5.82 Å². The maximum Gasteiger partial charge on any atom is 0.167 e. The number of halogens is 1. The van der Waals surface area contributed by atoms with Crippen LogP contribution < -0.4 is 15.8 Å². The van der Waals surface area contributed by atoms with Gasteiger partial charge in [0, 0.05) is 25.3 Å². The Labute approximate surface area is 101 Å². The van der Waals surface area contributed by atoms with Crippen LogP contribution in [0.25, 0.3) is 0 Å². The largest absolute Gasteiger partial charge is 0.494 e. The summed E-state index contributed by atoms with van der Waals surface area (Å²) in [6, 6.07) is 2.77. The van der Waals surface area contributed by atoms with Gasteiger partial charge in [-0.1, -0.05) is 6.92 Å². The van der Waals surface area contributed by atoms with Gasteiger partial charge in [-0.05, 0) is 12.3 Å². The van der Waals surface area contributed by atoms with E-state index in [0.717, 1.165) is 0 Å². The Morgan fingerprint density at radius 3 is 2.82 bits per heavy atom. The van der Waals surface area contributed by atoms with Crippen molar-refractivity contribution in [3.05, 3.63) is 17.9 Å². The Morgan fingerprint density at radius 2 is 2.24 bits per heavy atom. The van der Waals surface area contributed by atoms with E-state index in [4.69, 9.17) is 15.6 Å². The predicted octanol–water partition coefficient (Wildman–Crippen LogP) is 1.85. The van der Waals surface area contributed by atoms with Crippen molar-refractivity contribution in [3.8, 4) is 5.75 Å². The van der Waals surface area contributed by atoms with Gasteiger partial charge in [-0.25, -0.2) is 4.39 Å². The standard InChI is InChI=1S/C12H19FN2O2/c1-8(3-4-16)7-15-11-6-12(17-2)9(13)5-10(11)14/h5-6,8,15-16H,3-4,7,14H2,1-2H3. The number of anilines is 2. The summed E-state index contributed by atoms with van der Waals surface area (Å²) < 4.78 is 18.2. The number of hydrogen-bond acceptors (Lipinski definition) is 4. The Bertz CT molecular complexity index is 372. The van der Waals surface area contributed by atoms with Gasteiger partial charge in [0.2, 0.25) is 0 Å². The first kappa shape index (κ1) is 13.6. The third kappa shape index (κ3) is 3.78. The highest BCUT2D eigenvalue weighted by molar-refractivity contribution is 5.68. The molecule has 0 radical (unpaired) electrons. The molecule has 0 saturated carbocycles. The van der Waals surface area contributed by atoms with E-state index >= 15 is 0 Å². The van der Waals surface area contributed by atoms with Crippen LogP contribution in [0.1, 0.15) is 13.3 Å². The van der Waals surface area contributed by atoms with E-state index in [9.17, 15) is 4.39 Å². The third-order valence-electron chi connectivity index (χ3n) is 2.59. The van der Waals surface area contributed by atoms with Crippen molar-refractivity contribution in [2.24, 2.45) is 5.92 Å². The van der Waals surface area contributed by atoms with Crippen LogP contribution in [0.3, 0.4) is 0 Å². The highest BCUT2D eigenvalue weighted by Crippen LogP contribution is 2.28. The molecule has 0 spiro atoms. The summed E-state index contributed by atoms with van der Waals surface area (Å²) in [4.78, 5) is 0. The van der Waals surface area contributed by atoms with Crippen LogP contribution in [0.15, 0.2) is 12.1 Å². The van der Waals surface area contributed by atoms with Crippen molar-refractivity contribution in [1.82, 2.24) is 0 Å². The van der Waals surface area contributed by atoms with Gasteiger partial charge in [-0.3, -0.25) is 0 Å². The molecule has 17 heavy (non-hydrogen) atoms. The zero-order chi connectivity index (χ0) is 12.8. The molecule has 1 aromatic rings. The molecule has 5 heteroatoms.